The van der Waals surface area contributed by atoms with E-state index >= 15 is 4.39 Å². The van der Waals surface area contributed by atoms with Crippen LogP contribution in [0, 0.1) is 5.82 Å². The lowest BCUT2D eigenvalue weighted by Crippen LogP contribution is -2.45. The van der Waals surface area contributed by atoms with E-state index in [-0.39, 0.29) is 34.1 Å². The number of carbonyl (C=O) groups is 4. The van der Waals surface area contributed by atoms with Crippen molar-refractivity contribution in [1.29, 1.82) is 0 Å². The minimum Gasteiger partial charge on any atom is -0.497 e. The molecule has 0 radical (unpaired) electrons. The summed E-state index contributed by atoms with van der Waals surface area (Å²) < 4.78 is 28.9. The number of benzene rings is 2. The molecule has 37 heavy (non-hydrogen) atoms. The van der Waals surface area contributed by atoms with Gasteiger partial charge >= 0.3 is 5.97 Å². The molecule has 194 valence electrons. The molecule has 0 saturated carbocycles. The van der Waals surface area contributed by atoms with Crippen molar-refractivity contribution in [2.24, 2.45) is 5.73 Å². The molecule has 0 fully saturated rings. The molecule has 3 amide bonds. The normalized spacial score (nSPS) is 11.3. The molecule has 13 heteroatoms. The molecule has 11 nitrogen and oxygen atoms in total. The molecule has 3 aromatic rings. The van der Waals surface area contributed by atoms with Gasteiger partial charge in [0.1, 0.15) is 29.0 Å². The average molecular weight is 530 g/mol. The van der Waals surface area contributed by atoms with Gasteiger partial charge in [-0.25, -0.2) is 4.39 Å². The summed E-state index contributed by atoms with van der Waals surface area (Å²) in [6.45, 7) is 1.22. The number of nitrogen functional groups attached to an aromatic ring is 1. The van der Waals surface area contributed by atoms with E-state index in [1.54, 1.807) is 19.1 Å². The van der Waals surface area contributed by atoms with E-state index in [2.05, 4.69) is 9.69 Å². The van der Waals surface area contributed by atoms with E-state index in [0.29, 0.717) is 17.3 Å². The molecule has 0 aliphatic rings. The number of ether oxygens (including phenoxy) is 2. The first-order valence-electron chi connectivity index (χ1n) is 10.9. The molecule has 0 aliphatic heterocycles. The minimum atomic E-state index is -1.48. The van der Waals surface area contributed by atoms with Crippen LogP contribution >= 0.6 is 11.5 Å². The maximum Gasteiger partial charge on any atom is 0.325 e. The van der Waals surface area contributed by atoms with Crippen molar-refractivity contribution in [2.45, 2.75) is 13.0 Å². The van der Waals surface area contributed by atoms with Gasteiger partial charge in [-0.1, -0.05) is 24.3 Å². The Morgan fingerprint density at radius 1 is 1.14 bits per heavy atom. The second-order valence-electron chi connectivity index (χ2n) is 7.46. The molecule has 0 spiro atoms. The monoisotopic (exact) mass is 529 g/mol. The Balaban J connectivity index is 2.17. The van der Waals surface area contributed by atoms with E-state index in [4.69, 9.17) is 20.9 Å². The van der Waals surface area contributed by atoms with Crippen molar-refractivity contribution in [3.05, 3.63) is 70.5 Å². The van der Waals surface area contributed by atoms with Gasteiger partial charge < -0.3 is 26.3 Å². The number of anilines is 2. The summed E-state index contributed by atoms with van der Waals surface area (Å²) in [5, 5.41) is 2.43. The number of amides is 3. The smallest absolute Gasteiger partial charge is 0.325 e. The molecule has 0 bridgehead atoms. The lowest BCUT2D eigenvalue weighted by Gasteiger charge is -2.31. The first kappa shape index (κ1) is 27.1. The summed E-state index contributed by atoms with van der Waals surface area (Å²) >= 11 is 0.581. The first-order valence-corrected chi connectivity index (χ1v) is 11.7. The Kier molecular flexibility index (Phi) is 8.74. The van der Waals surface area contributed by atoms with Crippen molar-refractivity contribution in [3.8, 4) is 5.75 Å². The number of halogens is 1. The molecule has 0 aliphatic carbocycles. The number of para-hydroxylation sites is 1. The molecule has 2 aromatic carbocycles. The van der Waals surface area contributed by atoms with Crippen molar-refractivity contribution in [3.63, 3.8) is 0 Å². The van der Waals surface area contributed by atoms with E-state index < -0.39 is 42.1 Å². The Hall–Kier alpha value is -4.52. The Bertz CT molecular complexity index is 1310. The van der Waals surface area contributed by atoms with E-state index in [0.717, 1.165) is 11.0 Å². The Morgan fingerprint density at radius 3 is 2.38 bits per heavy atom. The van der Waals surface area contributed by atoms with Gasteiger partial charge in [-0.3, -0.25) is 24.1 Å². The Morgan fingerprint density at radius 2 is 1.81 bits per heavy atom. The van der Waals surface area contributed by atoms with Crippen LogP contribution in [0.3, 0.4) is 0 Å². The number of primary amides is 1. The van der Waals surface area contributed by atoms with E-state index in [9.17, 15) is 19.2 Å². The quantitative estimate of drug-likeness (QED) is 0.335. The minimum absolute atomic E-state index is 0.100. The highest BCUT2D eigenvalue weighted by Gasteiger charge is 2.37. The van der Waals surface area contributed by atoms with Gasteiger partial charge in [0.05, 0.1) is 25.1 Å². The van der Waals surface area contributed by atoms with Crippen LogP contribution in [0.1, 0.15) is 38.7 Å². The summed E-state index contributed by atoms with van der Waals surface area (Å²) in [4.78, 5) is 51.5. The molecule has 0 unspecified atom stereocenters. The average Bonchev–Trinajstić information content (AvgIpc) is 3.28. The zero-order valence-electron chi connectivity index (χ0n) is 19.9. The highest BCUT2D eigenvalue weighted by atomic mass is 32.1. The summed E-state index contributed by atoms with van der Waals surface area (Å²) in [5.41, 5.74) is 10.6. The lowest BCUT2D eigenvalue weighted by atomic mass is 10.0. The third kappa shape index (κ3) is 6.01. The zero-order valence-corrected chi connectivity index (χ0v) is 20.7. The molecule has 0 saturated heterocycles. The van der Waals surface area contributed by atoms with Gasteiger partial charge in [-0.05, 0) is 48.3 Å². The van der Waals surface area contributed by atoms with Gasteiger partial charge in [0.25, 0.3) is 11.8 Å². The van der Waals surface area contributed by atoms with E-state index in [1.807, 2.05) is 0 Å². The van der Waals surface area contributed by atoms with Crippen LogP contribution in [-0.4, -0.2) is 48.3 Å². The number of nitrogens with two attached hydrogens (primary N) is 2. The molecular formula is C24H24FN5O6S. The molecule has 5 N–H and O–H groups in total. The topological polar surface area (TPSA) is 167 Å². The molecule has 1 aromatic heterocycles. The number of hydrogen-bond donors (Lipinski definition) is 3. The number of methoxy groups -OCH3 is 1. The lowest BCUT2D eigenvalue weighted by molar-refractivity contribution is -0.143. The maximum absolute atomic E-state index is 15.1. The number of esters is 1. The van der Waals surface area contributed by atoms with Crippen molar-refractivity contribution in [1.82, 2.24) is 9.69 Å². The van der Waals surface area contributed by atoms with Crippen LogP contribution in [0.4, 0.5) is 15.8 Å². The number of carbonyl (C=O) groups excluding carboxylic acids is 4. The first-order chi connectivity index (χ1) is 17.7. The number of aromatic nitrogens is 1. The summed E-state index contributed by atoms with van der Waals surface area (Å²) in [6, 6.07) is 9.95. The third-order valence-electron chi connectivity index (χ3n) is 5.14. The van der Waals surface area contributed by atoms with Gasteiger partial charge in [-0.2, -0.15) is 4.37 Å². The summed E-state index contributed by atoms with van der Waals surface area (Å²) in [7, 11) is 1.45. The number of nitrogens with zero attached hydrogens (tertiary/aromatic N) is 2. The zero-order chi connectivity index (χ0) is 27.1. The summed E-state index contributed by atoms with van der Waals surface area (Å²) in [5.74, 6) is -3.73. The highest BCUT2D eigenvalue weighted by molar-refractivity contribution is 7.09. The second-order valence-corrected chi connectivity index (χ2v) is 8.24. The van der Waals surface area contributed by atoms with Gasteiger partial charge in [0.2, 0.25) is 5.91 Å². The fourth-order valence-corrected chi connectivity index (χ4v) is 4.17. The fourth-order valence-electron chi connectivity index (χ4n) is 3.42. The molecular weight excluding hydrogens is 505 g/mol. The van der Waals surface area contributed by atoms with Crippen molar-refractivity contribution < 1.29 is 33.0 Å². The van der Waals surface area contributed by atoms with Crippen LogP contribution in [-0.2, 0) is 14.3 Å². The Labute approximate surface area is 215 Å². The molecule has 3 rings (SSSR count). The van der Waals surface area contributed by atoms with Crippen LogP contribution in [0.25, 0.3) is 0 Å². The largest absolute Gasteiger partial charge is 0.497 e. The van der Waals surface area contributed by atoms with E-state index in [1.165, 1.54) is 37.4 Å². The third-order valence-corrected chi connectivity index (χ3v) is 5.99. The predicted molar refractivity (Wildman–Crippen MR) is 134 cm³/mol. The highest BCUT2D eigenvalue weighted by Crippen LogP contribution is 2.34. The van der Waals surface area contributed by atoms with Crippen LogP contribution in [0.5, 0.6) is 5.75 Å². The number of hydrogen-bond acceptors (Lipinski definition) is 9. The van der Waals surface area contributed by atoms with Crippen molar-refractivity contribution in [2.75, 3.05) is 30.9 Å². The second kappa shape index (κ2) is 11.9. The SMILES string of the molecule is CCOC(=O)CNC(=O)[C@H](c1ccc(OC)cc1)N(C(=O)c1snc(C(N)=O)c1N)c1ccccc1F. The maximum atomic E-state index is 15.1. The standard InChI is InChI=1S/C24H24FN5O6S/c1-3-36-17(31)12-28-23(33)20(13-8-10-14(35-2)11-9-13)30(16-7-5-4-6-15(16)25)24(34)21-18(26)19(22(27)32)29-37-21/h4-11,20H,3,12,26H2,1-2H3,(H2,27,32)(H,28,33)/t20-/m0/s1. The van der Waals surface area contributed by atoms with Gasteiger partial charge in [0, 0.05) is 0 Å². The van der Waals surface area contributed by atoms with Crippen LogP contribution in [0.2, 0.25) is 0 Å². The van der Waals surface area contributed by atoms with Crippen LogP contribution in [0.15, 0.2) is 48.5 Å². The van der Waals surface area contributed by atoms with Crippen molar-refractivity contribution >= 4 is 46.6 Å². The van der Waals surface area contributed by atoms with Gasteiger partial charge in [0.15, 0.2) is 5.69 Å². The number of nitrogens with one attached hydrogen (secondary N) is 1. The van der Waals surface area contributed by atoms with Crippen LogP contribution < -0.4 is 26.4 Å². The summed E-state index contributed by atoms with van der Waals surface area (Å²) in [6.07, 6.45) is 0. The molecule has 1 atom stereocenters. The molecule has 1 heterocycles. The number of rotatable bonds is 10. The predicted octanol–water partition coefficient (Wildman–Crippen LogP) is 2.04. The fraction of sp³-hybridized carbons (Fsp3) is 0.208. The van der Waals surface area contributed by atoms with Gasteiger partial charge in [-0.15, -0.1) is 0 Å².